The second-order valence-electron chi connectivity index (χ2n) is 6.58. The normalized spacial score (nSPS) is 10.1. The van der Waals surface area contributed by atoms with Gasteiger partial charge in [-0.05, 0) is 48.5 Å². The van der Waals surface area contributed by atoms with Gasteiger partial charge in [-0.1, -0.05) is 11.8 Å². The quantitative estimate of drug-likeness (QED) is 0.479. The number of hydrogen-bond donors (Lipinski definition) is 2. The van der Waals surface area contributed by atoms with Crippen molar-refractivity contribution < 1.29 is 19.8 Å². The van der Waals surface area contributed by atoms with Crippen molar-refractivity contribution in [3.63, 3.8) is 0 Å². The third-order valence-corrected chi connectivity index (χ3v) is 4.40. The predicted octanol–water partition coefficient (Wildman–Crippen LogP) is 3.40. The van der Waals surface area contributed by atoms with Gasteiger partial charge in [-0.2, -0.15) is 0 Å². The lowest BCUT2D eigenvalue weighted by molar-refractivity contribution is 0.0686. The van der Waals surface area contributed by atoms with Crippen LogP contribution in [0.2, 0.25) is 0 Å². The molecule has 0 aromatic carbocycles. The topological polar surface area (TPSA) is 126 Å². The van der Waals surface area contributed by atoms with Crippen LogP contribution in [0, 0.1) is 11.8 Å². The number of rotatable bonds is 4. The summed E-state index contributed by atoms with van der Waals surface area (Å²) in [6.07, 6.45) is 6.20. The second kappa shape index (κ2) is 8.85. The number of hydrogen-bond acceptors (Lipinski definition) is 6. The van der Waals surface area contributed by atoms with E-state index in [9.17, 15) is 19.8 Å². The van der Waals surface area contributed by atoms with E-state index in [1.54, 1.807) is 42.9 Å². The van der Waals surface area contributed by atoms with Crippen LogP contribution in [0.15, 0.2) is 73.3 Å². The van der Waals surface area contributed by atoms with Gasteiger partial charge in [0.25, 0.3) is 0 Å². The molecule has 8 heteroatoms. The zero-order valence-corrected chi connectivity index (χ0v) is 16.4. The minimum atomic E-state index is -1.15. The number of carbonyl (C=O) groups is 2. The summed E-state index contributed by atoms with van der Waals surface area (Å²) in [5, 5.41) is 18.8. The van der Waals surface area contributed by atoms with E-state index < -0.39 is 11.9 Å². The Bertz CT molecular complexity index is 1390. The number of carboxylic acids is 2. The van der Waals surface area contributed by atoms with Crippen molar-refractivity contribution in [2.75, 3.05) is 0 Å². The van der Waals surface area contributed by atoms with E-state index in [1.165, 1.54) is 30.5 Å². The van der Waals surface area contributed by atoms with Crippen LogP contribution in [0.25, 0.3) is 22.8 Å². The Morgan fingerprint density at radius 1 is 0.625 bits per heavy atom. The average molecular weight is 422 g/mol. The monoisotopic (exact) mass is 422 g/mol. The summed E-state index contributed by atoms with van der Waals surface area (Å²) in [4.78, 5) is 39.8. The SMILES string of the molecule is O=C(O)c1ccnc(-c2cc(C(=O)O)cc(-c3cc(C#Cc4ccncc4)ccn3)n2)c1. The number of aromatic carboxylic acids is 2. The van der Waals surface area contributed by atoms with Crippen LogP contribution < -0.4 is 0 Å². The van der Waals surface area contributed by atoms with Crippen LogP contribution in [-0.4, -0.2) is 42.1 Å². The molecule has 0 aliphatic heterocycles. The third-order valence-electron chi connectivity index (χ3n) is 4.40. The molecule has 4 rings (SSSR count). The highest BCUT2D eigenvalue weighted by atomic mass is 16.4. The Morgan fingerprint density at radius 3 is 1.81 bits per heavy atom. The van der Waals surface area contributed by atoms with Crippen LogP contribution in [0.5, 0.6) is 0 Å². The largest absolute Gasteiger partial charge is 0.478 e. The smallest absolute Gasteiger partial charge is 0.335 e. The van der Waals surface area contributed by atoms with E-state index in [1.807, 2.05) is 0 Å². The van der Waals surface area contributed by atoms with Crippen molar-refractivity contribution in [1.29, 1.82) is 0 Å². The van der Waals surface area contributed by atoms with E-state index in [2.05, 4.69) is 31.8 Å². The first-order valence-electron chi connectivity index (χ1n) is 9.33. The van der Waals surface area contributed by atoms with E-state index in [-0.39, 0.29) is 22.5 Å². The van der Waals surface area contributed by atoms with Gasteiger partial charge in [0.05, 0.1) is 33.9 Å². The van der Waals surface area contributed by atoms with Crippen LogP contribution in [0.4, 0.5) is 0 Å². The lowest BCUT2D eigenvalue weighted by Crippen LogP contribution is -2.02. The zero-order valence-electron chi connectivity index (χ0n) is 16.4. The summed E-state index contributed by atoms with van der Waals surface area (Å²) in [7, 11) is 0. The summed E-state index contributed by atoms with van der Waals surface area (Å²) < 4.78 is 0. The van der Waals surface area contributed by atoms with Gasteiger partial charge in [-0.3, -0.25) is 15.0 Å². The first kappa shape index (κ1) is 20.4. The van der Waals surface area contributed by atoms with Gasteiger partial charge in [0.2, 0.25) is 0 Å². The molecule has 0 bridgehead atoms. The number of aromatic nitrogens is 4. The van der Waals surface area contributed by atoms with Crippen molar-refractivity contribution in [2.45, 2.75) is 0 Å². The molecule has 0 saturated carbocycles. The van der Waals surface area contributed by atoms with Crippen molar-refractivity contribution in [2.24, 2.45) is 0 Å². The lowest BCUT2D eigenvalue weighted by Gasteiger charge is -2.07. The molecular weight excluding hydrogens is 408 g/mol. The number of carboxylic acid groups (broad SMARTS) is 2. The van der Waals surface area contributed by atoms with Gasteiger partial charge in [-0.25, -0.2) is 14.6 Å². The average Bonchev–Trinajstić information content (AvgIpc) is 2.83. The van der Waals surface area contributed by atoms with Gasteiger partial charge in [0, 0.05) is 35.9 Å². The minimum Gasteiger partial charge on any atom is -0.478 e. The van der Waals surface area contributed by atoms with Crippen molar-refractivity contribution in [1.82, 2.24) is 19.9 Å². The molecule has 32 heavy (non-hydrogen) atoms. The Morgan fingerprint density at radius 2 is 1.16 bits per heavy atom. The molecule has 0 atom stereocenters. The molecule has 0 unspecified atom stereocenters. The zero-order chi connectivity index (χ0) is 22.5. The maximum atomic E-state index is 11.7. The lowest BCUT2D eigenvalue weighted by atomic mass is 10.1. The van der Waals surface area contributed by atoms with Crippen LogP contribution in [0.1, 0.15) is 31.8 Å². The molecule has 0 saturated heterocycles. The van der Waals surface area contributed by atoms with Crippen LogP contribution in [0.3, 0.4) is 0 Å². The molecular formula is C24H14N4O4. The highest BCUT2D eigenvalue weighted by Crippen LogP contribution is 2.24. The molecule has 0 aliphatic carbocycles. The summed E-state index contributed by atoms with van der Waals surface area (Å²) >= 11 is 0. The molecule has 0 amide bonds. The predicted molar refractivity (Wildman–Crippen MR) is 115 cm³/mol. The molecule has 4 aromatic heterocycles. The molecule has 0 aliphatic rings. The molecule has 0 fully saturated rings. The van der Waals surface area contributed by atoms with Gasteiger partial charge in [0.15, 0.2) is 0 Å². The molecule has 0 spiro atoms. The minimum absolute atomic E-state index is 0.0191. The van der Waals surface area contributed by atoms with Crippen molar-refractivity contribution in [3.8, 4) is 34.6 Å². The van der Waals surface area contributed by atoms with Gasteiger partial charge in [0.1, 0.15) is 0 Å². The standard InChI is InChI=1S/C24H14N4O4/c29-23(30)17-6-10-27-20(12-17)22-14-18(24(31)32)13-21(28-22)19-11-16(5-9-26-19)2-1-15-3-7-25-8-4-15/h3-14H,(H,29,30)(H,31,32). The Hall–Kier alpha value is -4.90. The van der Waals surface area contributed by atoms with E-state index in [4.69, 9.17) is 0 Å². The van der Waals surface area contributed by atoms with E-state index in [0.29, 0.717) is 17.0 Å². The molecule has 154 valence electrons. The Kier molecular flexibility index (Phi) is 5.64. The van der Waals surface area contributed by atoms with Crippen LogP contribution >= 0.6 is 0 Å². The van der Waals surface area contributed by atoms with Gasteiger partial charge < -0.3 is 10.2 Å². The van der Waals surface area contributed by atoms with Crippen LogP contribution in [-0.2, 0) is 0 Å². The summed E-state index contributed by atoms with van der Waals surface area (Å²) in [6, 6.07) is 12.4. The van der Waals surface area contributed by atoms with Crippen molar-refractivity contribution in [3.05, 3.63) is 95.6 Å². The van der Waals surface area contributed by atoms with Crippen molar-refractivity contribution >= 4 is 11.9 Å². The maximum absolute atomic E-state index is 11.7. The Labute approximate surface area is 182 Å². The fourth-order valence-electron chi connectivity index (χ4n) is 2.85. The van der Waals surface area contributed by atoms with E-state index in [0.717, 1.165) is 5.56 Å². The number of pyridine rings is 4. The first-order valence-corrected chi connectivity index (χ1v) is 9.33. The highest BCUT2D eigenvalue weighted by molar-refractivity contribution is 5.91. The third kappa shape index (κ3) is 4.63. The molecule has 2 N–H and O–H groups in total. The molecule has 0 radical (unpaired) electrons. The maximum Gasteiger partial charge on any atom is 0.335 e. The van der Waals surface area contributed by atoms with E-state index >= 15 is 0 Å². The Balaban J connectivity index is 1.77. The molecule has 4 heterocycles. The fourth-order valence-corrected chi connectivity index (χ4v) is 2.85. The summed E-state index contributed by atoms with van der Waals surface area (Å²) in [6.45, 7) is 0. The highest BCUT2D eigenvalue weighted by Gasteiger charge is 2.14. The molecule has 4 aromatic rings. The second-order valence-corrected chi connectivity index (χ2v) is 6.58. The fraction of sp³-hybridized carbons (Fsp3) is 0. The summed E-state index contributed by atoms with van der Waals surface area (Å²) in [5.41, 5.74) is 2.65. The first-order chi connectivity index (χ1) is 15.5. The summed E-state index contributed by atoms with van der Waals surface area (Å²) in [5.74, 6) is 3.79. The number of nitrogens with zero attached hydrogens (tertiary/aromatic N) is 4. The van der Waals surface area contributed by atoms with Gasteiger partial charge >= 0.3 is 11.9 Å². The van der Waals surface area contributed by atoms with Gasteiger partial charge in [-0.15, -0.1) is 0 Å². The molecule has 8 nitrogen and oxygen atoms in total.